The summed E-state index contributed by atoms with van der Waals surface area (Å²) in [6.45, 7) is 4.50. The van der Waals surface area contributed by atoms with Crippen molar-refractivity contribution in [2.45, 2.75) is 32.0 Å². The lowest BCUT2D eigenvalue weighted by Gasteiger charge is -2.23. The summed E-state index contributed by atoms with van der Waals surface area (Å²) >= 11 is 0. The van der Waals surface area contributed by atoms with Gasteiger partial charge in [0, 0.05) is 19.7 Å². The summed E-state index contributed by atoms with van der Waals surface area (Å²) < 4.78 is 5.61. The van der Waals surface area contributed by atoms with Gasteiger partial charge in [-0.05, 0) is 32.4 Å². The Bertz CT molecular complexity index is 375. The molecule has 0 aromatic heterocycles. The summed E-state index contributed by atoms with van der Waals surface area (Å²) in [4.78, 5) is 2.16. The largest absolute Gasteiger partial charge is 0.387 e. The SMILES string of the molecule is Cc1cccc(C(O)CN(C)CC2CCCO2)c1. The molecule has 2 atom stereocenters. The highest BCUT2D eigenvalue weighted by Gasteiger charge is 2.19. The zero-order chi connectivity index (χ0) is 13.0. The molecule has 1 aromatic rings. The van der Waals surface area contributed by atoms with Gasteiger partial charge in [0.15, 0.2) is 0 Å². The second-order valence-electron chi connectivity index (χ2n) is 5.29. The van der Waals surface area contributed by atoms with Gasteiger partial charge in [-0.2, -0.15) is 0 Å². The van der Waals surface area contributed by atoms with Crippen molar-refractivity contribution >= 4 is 0 Å². The minimum atomic E-state index is -0.420. The van der Waals surface area contributed by atoms with Crippen molar-refractivity contribution < 1.29 is 9.84 Å². The zero-order valence-corrected chi connectivity index (χ0v) is 11.3. The van der Waals surface area contributed by atoms with Gasteiger partial charge in [-0.1, -0.05) is 29.8 Å². The standard InChI is InChI=1S/C15H23NO2/c1-12-5-3-6-13(9-12)15(17)11-16(2)10-14-7-4-8-18-14/h3,5-6,9,14-15,17H,4,7-8,10-11H2,1-2H3. The average Bonchev–Trinajstić information content (AvgIpc) is 2.81. The Morgan fingerprint density at radius 1 is 1.50 bits per heavy atom. The Kier molecular flexibility index (Phi) is 4.75. The van der Waals surface area contributed by atoms with Crippen LogP contribution in [0.3, 0.4) is 0 Å². The van der Waals surface area contributed by atoms with E-state index < -0.39 is 6.10 Å². The Hall–Kier alpha value is -0.900. The fraction of sp³-hybridized carbons (Fsp3) is 0.600. The number of aliphatic hydroxyl groups is 1. The Labute approximate surface area is 109 Å². The van der Waals surface area contributed by atoms with E-state index in [0.717, 1.165) is 25.1 Å². The van der Waals surface area contributed by atoms with Crippen molar-refractivity contribution in [3.05, 3.63) is 35.4 Å². The van der Waals surface area contributed by atoms with E-state index in [9.17, 15) is 5.11 Å². The maximum atomic E-state index is 10.2. The van der Waals surface area contributed by atoms with Crippen molar-refractivity contribution in [2.24, 2.45) is 0 Å². The second kappa shape index (κ2) is 6.32. The molecule has 1 fully saturated rings. The second-order valence-corrected chi connectivity index (χ2v) is 5.29. The molecule has 1 aliphatic rings. The molecule has 0 amide bonds. The maximum Gasteiger partial charge on any atom is 0.0916 e. The molecule has 0 saturated carbocycles. The lowest BCUT2D eigenvalue weighted by atomic mass is 10.1. The van der Waals surface area contributed by atoms with E-state index in [1.54, 1.807) is 0 Å². The van der Waals surface area contributed by atoms with Crippen LogP contribution in [0.15, 0.2) is 24.3 Å². The third-order valence-electron chi connectivity index (χ3n) is 3.45. The average molecular weight is 249 g/mol. The number of aliphatic hydroxyl groups excluding tert-OH is 1. The molecule has 1 saturated heterocycles. The van der Waals surface area contributed by atoms with E-state index in [1.807, 2.05) is 38.2 Å². The van der Waals surface area contributed by atoms with E-state index in [1.165, 1.54) is 12.0 Å². The number of nitrogens with zero attached hydrogens (tertiary/aromatic N) is 1. The Morgan fingerprint density at radius 2 is 2.33 bits per heavy atom. The van der Waals surface area contributed by atoms with Crippen molar-refractivity contribution in [1.82, 2.24) is 4.90 Å². The predicted octanol–water partition coefficient (Wildman–Crippen LogP) is 2.14. The highest BCUT2D eigenvalue weighted by atomic mass is 16.5. The van der Waals surface area contributed by atoms with E-state index in [0.29, 0.717) is 12.6 Å². The first-order valence-electron chi connectivity index (χ1n) is 6.70. The fourth-order valence-corrected chi connectivity index (χ4v) is 2.49. The summed E-state index contributed by atoms with van der Waals surface area (Å²) in [7, 11) is 2.04. The molecule has 0 bridgehead atoms. The van der Waals surface area contributed by atoms with E-state index in [-0.39, 0.29) is 0 Å². The molecule has 0 aliphatic carbocycles. The molecule has 1 aliphatic heterocycles. The van der Waals surface area contributed by atoms with Crippen LogP contribution in [0.5, 0.6) is 0 Å². The quantitative estimate of drug-likeness (QED) is 0.868. The van der Waals surface area contributed by atoms with Crippen molar-refractivity contribution in [1.29, 1.82) is 0 Å². The van der Waals surface area contributed by atoms with E-state index >= 15 is 0 Å². The summed E-state index contributed by atoms with van der Waals surface area (Å²) in [5.74, 6) is 0. The first-order valence-corrected chi connectivity index (χ1v) is 6.70. The number of ether oxygens (including phenoxy) is 1. The smallest absolute Gasteiger partial charge is 0.0916 e. The van der Waals surface area contributed by atoms with Crippen LogP contribution in [0, 0.1) is 6.92 Å². The van der Waals surface area contributed by atoms with Gasteiger partial charge < -0.3 is 14.7 Å². The van der Waals surface area contributed by atoms with Crippen LogP contribution in [0.25, 0.3) is 0 Å². The summed E-state index contributed by atoms with van der Waals surface area (Å²) in [5.41, 5.74) is 2.18. The van der Waals surface area contributed by atoms with Gasteiger partial charge in [-0.25, -0.2) is 0 Å². The highest BCUT2D eigenvalue weighted by Crippen LogP contribution is 2.17. The van der Waals surface area contributed by atoms with Gasteiger partial charge in [-0.15, -0.1) is 0 Å². The maximum absolute atomic E-state index is 10.2. The molecular weight excluding hydrogens is 226 g/mol. The number of likely N-dealkylation sites (N-methyl/N-ethyl adjacent to an activating group) is 1. The first-order chi connectivity index (χ1) is 8.65. The Balaban J connectivity index is 1.84. The van der Waals surface area contributed by atoms with Crippen molar-refractivity contribution in [2.75, 3.05) is 26.7 Å². The van der Waals surface area contributed by atoms with Gasteiger partial charge in [0.05, 0.1) is 12.2 Å². The van der Waals surface area contributed by atoms with Crippen LogP contribution in [0.4, 0.5) is 0 Å². The lowest BCUT2D eigenvalue weighted by Crippen LogP contribution is -2.32. The van der Waals surface area contributed by atoms with Crippen molar-refractivity contribution in [3.63, 3.8) is 0 Å². The fourth-order valence-electron chi connectivity index (χ4n) is 2.49. The molecule has 0 spiro atoms. The molecule has 3 heteroatoms. The molecule has 2 unspecified atom stereocenters. The zero-order valence-electron chi connectivity index (χ0n) is 11.3. The number of hydrogen-bond donors (Lipinski definition) is 1. The molecule has 3 nitrogen and oxygen atoms in total. The molecular formula is C15H23NO2. The van der Waals surface area contributed by atoms with Crippen molar-refractivity contribution in [3.8, 4) is 0 Å². The van der Waals surface area contributed by atoms with Gasteiger partial charge >= 0.3 is 0 Å². The van der Waals surface area contributed by atoms with Crippen LogP contribution < -0.4 is 0 Å². The normalized spacial score (nSPS) is 21.4. The number of hydrogen-bond acceptors (Lipinski definition) is 3. The number of rotatable bonds is 5. The third-order valence-corrected chi connectivity index (χ3v) is 3.45. The van der Waals surface area contributed by atoms with Crippen LogP contribution in [0.1, 0.15) is 30.1 Å². The van der Waals surface area contributed by atoms with Gasteiger partial charge in [-0.3, -0.25) is 0 Å². The lowest BCUT2D eigenvalue weighted by molar-refractivity contribution is 0.0602. The van der Waals surface area contributed by atoms with Gasteiger partial charge in [0.2, 0.25) is 0 Å². The molecule has 2 rings (SSSR count). The molecule has 18 heavy (non-hydrogen) atoms. The molecule has 100 valence electrons. The van der Waals surface area contributed by atoms with Crippen LogP contribution in [0.2, 0.25) is 0 Å². The minimum absolute atomic E-state index is 0.347. The van der Waals surface area contributed by atoms with Crippen LogP contribution in [-0.2, 0) is 4.74 Å². The molecule has 0 radical (unpaired) electrons. The minimum Gasteiger partial charge on any atom is -0.387 e. The number of aryl methyl sites for hydroxylation is 1. The van der Waals surface area contributed by atoms with Gasteiger partial charge in [0.25, 0.3) is 0 Å². The van der Waals surface area contributed by atoms with Gasteiger partial charge in [0.1, 0.15) is 0 Å². The van der Waals surface area contributed by atoms with E-state index in [4.69, 9.17) is 4.74 Å². The summed E-state index contributed by atoms with van der Waals surface area (Å²) in [5, 5.41) is 10.2. The van der Waals surface area contributed by atoms with Crippen LogP contribution >= 0.6 is 0 Å². The highest BCUT2D eigenvalue weighted by molar-refractivity contribution is 5.24. The topological polar surface area (TPSA) is 32.7 Å². The number of benzene rings is 1. The summed E-state index contributed by atoms with van der Waals surface area (Å²) in [6.07, 6.45) is 2.24. The third kappa shape index (κ3) is 3.80. The van der Waals surface area contributed by atoms with E-state index in [2.05, 4.69) is 4.90 Å². The predicted molar refractivity (Wildman–Crippen MR) is 72.6 cm³/mol. The van der Waals surface area contributed by atoms with Crippen LogP contribution in [-0.4, -0.2) is 42.9 Å². The molecule has 1 N–H and O–H groups in total. The summed E-state index contributed by atoms with van der Waals surface area (Å²) in [6, 6.07) is 8.07. The first kappa shape index (κ1) is 13.5. The molecule has 1 heterocycles. The Morgan fingerprint density at radius 3 is 3.00 bits per heavy atom. The molecule has 1 aromatic carbocycles. The monoisotopic (exact) mass is 249 g/mol.